The Morgan fingerprint density at radius 1 is 1.22 bits per heavy atom. The van der Waals surface area contributed by atoms with Crippen molar-refractivity contribution < 1.29 is 22.3 Å². The summed E-state index contributed by atoms with van der Waals surface area (Å²) in [5.41, 5.74) is 0.619. The number of nitrogens with one attached hydrogen (secondary N) is 1. The summed E-state index contributed by atoms with van der Waals surface area (Å²) >= 11 is 3.19. The van der Waals surface area contributed by atoms with Crippen LogP contribution in [-0.4, -0.2) is 44.1 Å². The second-order valence-corrected chi connectivity index (χ2v) is 5.96. The molecule has 0 aromatic heterocycles. The van der Waals surface area contributed by atoms with Gasteiger partial charge in [0.15, 0.2) is 0 Å². The van der Waals surface area contributed by atoms with Crippen LogP contribution < -0.4 is 10.1 Å². The molecule has 23 heavy (non-hydrogen) atoms. The van der Waals surface area contributed by atoms with Crippen LogP contribution in [0.5, 0.6) is 5.75 Å². The minimum absolute atomic E-state index is 0. The average Bonchev–Trinajstić information content (AvgIpc) is 2.43. The summed E-state index contributed by atoms with van der Waals surface area (Å²) in [6, 6.07) is 4.04. The van der Waals surface area contributed by atoms with Crippen LogP contribution in [0, 0.1) is 0 Å². The molecule has 1 atom stereocenters. The lowest BCUT2D eigenvalue weighted by atomic mass is 10.0. The molecule has 0 unspecified atom stereocenters. The molecule has 1 aliphatic heterocycles. The van der Waals surface area contributed by atoms with E-state index < -0.39 is 13.0 Å². The highest BCUT2D eigenvalue weighted by atomic mass is 79.9. The first-order valence-electron chi connectivity index (χ1n) is 6.96. The lowest BCUT2D eigenvalue weighted by molar-refractivity contribution is -0.274. The van der Waals surface area contributed by atoms with Crippen LogP contribution in [0.2, 0.25) is 0 Å². The van der Waals surface area contributed by atoms with Gasteiger partial charge in [-0.2, -0.15) is 0 Å². The number of benzene rings is 1. The van der Waals surface area contributed by atoms with Crippen molar-refractivity contribution in [1.29, 1.82) is 0 Å². The zero-order valence-electron chi connectivity index (χ0n) is 12.2. The first-order chi connectivity index (χ1) is 10.4. The van der Waals surface area contributed by atoms with E-state index in [1.54, 1.807) is 6.07 Å². The number of piperazine rings is 1. The number of nitrogens with zero attached hydrogens (tertiary/aromatic N) is 1. The molecule has 0 aliphatic carbocycles. The van der Waals surface area contributed by atoms with Crippen molar-refractivity contribution in [2.45, 2.75) is 18.8 Å². The normalized spacial score (nSPS) is 17.4. The molecule has 1 aromatic rings. The van der Waals surface area contributed by atoms with Crippen LogP contribution in [0.25, 0.3) is 0 Å². The maximum atomic E-state index is 12.9. The first kappa shape index (κ1) is 20.5. The third-order valence-electron chi connectivity index (χ3n) is 3.49. The second kappa shape index (κ2) is 9.05. The molecule has 0 saturated carbocycles. The topological polar surface area (TPSA) is 24.5 Å². The summed E-state index contributed by atoms with van der Waals surface area (Å²) in [5.74, 6) is -0.295. The Labute approximate surface area is 146 Å². The van der Waals surface area contributed by atoms with Gasteiger partial charge < -0.3 is 10.1 Å². The van der Waals surface area contributed by atoms with E-state index in [1.807, 2.05) is 0 Å². The SMILES string of the molecule is Cl.FCC[C@H](c1cc(Br)cc(OC(F)(F)F)c1)N1CCNCC1. The summed E-state index contributed by atoms with van der Waals surface area (Å²) in [5, 5.41) is 3.20. The van der Waals surface area contributed by atoms with Crippen molar-refractivity contribution in [3.63, 3.8) is 0 Å². The Bertz CT molecular complexity index is 498. The molecule has 0 radical (unpaired) electrons. The van der Waals surface area contributed by atoms with E-state index in [-0.39, 0.29) is 30.6 Å². The minimum atomic E-state index is -4.75. The average molecular weight is 422 g/mol. The van der Waals surface area contributed by atoms with Gasteiger partial charge in [-0.25, -0.2) is 0 Å². The highest BCUT2D eigenvalue weighted by Crippen LogP contribution is 2.33. The Hall–Kier alpha value is -0.570. The van der Waals surface area contributed by atoms with Gasteiger partial charge in [0.05, 0.1) is 6.67 Å². The number of alkyl halides is 4. The summed E-state index contributed by atoms with van der Waals surface area (Å²) in [7, 11) is 0. The van der Waals surface area contributed by atoms with Crippen molar-refractivity contribution in [2.75, 3.05) is 32.9 Å². The molecule has 0 bridgehead atoms. The number of halogens is 6. The van der Waals surface area contributed by atoms with Crippen LogP contribution in [0.15, 0.2) is 22.7 Å². The Kier molecular flexibility index (Phi) is 8.06. The summed E-state index contributed by atoms with van der Waals surface area (Å²) in [4.78, 5) is 2.08. The zero-order valence-corrected chi connectivity index (χ0v) is 14.6. The van der Waals surface area contributed by atoms with Crippen molar-refractivity contribution in [3.05, 3.63) is 28.2 Å². The lowest BCUT2D eigenvalue weighted by Gasteiger charge is -2.35. The number of rotatable bonds is 5. The Morgan fingerprint density at radius 2 is 1.87 bits per heavy atom. The van der Waals surface area contributed by atoms with Gasteiger partial charge in [-0.05, 0) is 30.2 Å². The lowest BCUT2D eigenvalue weighted by Crippen LogP contribution is -2.45. The van der Waals surface area contributed by atoms with E-state index in [4.69, 9.17) is 0 Å². The van der Waals surface area contributed by atoms with E-state index >= 15 is 0 Å². The number of hydrogen-bond donors (Lipinski definition) is 1. The first-order valence-corrected chi connectivity index (χ1v) is 7.75. The third kappa shape index (κ3) is 6.45. The van der Waals surface area contributed by atoms with E-state index in [0.29, 0.717) is 10.0 Å². The van der Waals surface area contributed by atoms with Crippen LogP contribution in [0.3, 0.4) is 0 Å². The maximum Gasteiger partial charge on any atom is 0.573 e. The van der Waals surface area contributed by atoms with Gasteiger partial charge in [-0.15, -0.1) is 25.6 Å². The fourth-order valence-electron chi connectivity index (χ4n) is 2.63. The van der Waals surface area contributed by atoms with Crippen molar-refractivity contribution in [1.82, 2.24) is 10.2 Å². The van der Waals surface area contributed by atoms with Crippen molar-refractivity contribution in [3.8, 4) is 5.75 Å². The summed E-state index contributed by atoms with van der Waals surface area (Å²) < 4.78 is 54.5. The predicted octanol–water partition coefficient (Wildman–Crippen LogP) is 4.08. The largest absolute Gasteiger partial charge is 0.573 e. The number of hydrogen-bond acceptors (Lipinski definition) is 3. The highest BCUT2D eigenvalue weighted by Gasteiger charge is 2.32. The Morgan fingerprint density at radius 3 is 2.43 bits per heavy atom. The molecule has 1 saturated heterocycles. The standard InChI is InChI=1S/C14H17BrF4N2O.ClH/c15-11-7-10(8-12(9-11)22-14(17,18)19)13(1-2-16)21-5-3-20-4-6-21;/h7-9,13,20H,1-6H2;1H/t13-;/m1./s1. The van der Waals surface area contributed by atoms with E-state index in [0.717, 1.165) is 26.2 Å². The van der Waals surface area contributed by atoms with Crippen LogP contribution in [0.4, 0.5) is 17.6 Å². The van der Waals surface area contributed by atoms with E-state index in [1.165, 1.54) is 12.1 Å². The molecule has 3 nitrogen and oxygen atoms in total. The van der Waals surface area contributed by atoms with Crippen LogP contribution >= 0.6 is 28.3 Å². The molecule has 0 amide bonds. The van der Waals surface area contributed by atoms with Gasteiger partial charge in [-0.1, -0.05) is 15.9 Å². The molecule has 1 aliphatic rings. The molecule has 1 fully saturated rings. The van der Waals surface area contributed by atoms with Crippen molar-refractivity contribution >= 4 is 28.3 Å². The predicted molar refractivity (Wildman–Crippen MR) is 85.8 cm³/mol. The van der Waals surface area contributed by atoms with Gasteiger partial charge in [0.1, 0.15) is 5.75 Å². The molecular formula is C14H18BrClF4N2O. The molecule has 1 aromatic carbocycles. The molecule has 9 heteroatoms. The molecular weight excluding hydrogens is 404 g/mol. The minimum Gasteiger partial charge on any atom is -0.406 e. The third-order valence-corrected chi connectivity index (χ3v) is 3.94. The van der Waals surface area contributed by atoms with E-state index in [2.05, 4.69) is 30.9 Å². The van der Waals surface area contributed by atoms with Crippen LogP contribution in [-0.2, 0) is 0 Å². The fourth-order valence-corrected chi connectivity index (χ4v) is 3.12. The summed E-state index contributed by atoms with van der Waals surface area (Å²) in [6.07, 6.45) is -4.51. The van der Waals surface area contributed by atoms with Gasteiger partial charge in [0.2, 0.25) is 0 Å². The number of ether oxygens (including phenoxy) is 1. The summed E-state index contributed by atoms with van der Waals surface area (Å²) in [6.45, 7) is 2.49. The van der Waals surface area contributed by atoms with Gasteiger partial charge in [0, 0.05) is 36.7 Å². The fraction of sp³-hybridized carbons (Fsp3) is 0.571. The van der Waals surface area contributed by atoms with Gasteiger partial charge in [-0.3, -0.25) is 9.29 Å². The zero-order chi connectivity index (χ0) is 16.2. The molecule has 2 rings (SSSR count). The molecule has 0 spiro atoms. The van der Waals surface area contributed by atoms with Crippen molar-refractivity contribution in [2.24, 2.45) is 0 Å². The maximum absolute atomic E-state index is 12.9. The molecule has 1 N–H and O–H groups in total. The highest BCUT2D eigenvalue weighted by molar-refractivity contribution is 9.10. The smallest absolute Gasteiger partial charge is 0.406 e. The van der Waals surface area contributed by atoms with Crippen LogP contribution in [0.1, 0.15) is 18.0 Å². The quantitative estimate of drug-likeness (QED) is 0.725. The second-order valence-electron chi connectivity index (χ2n) is 5.05. The van der Waals surface area contributed by atoms with E-state index in [9.17, 15) is 17.6 Å². The molecule has 1 heterocycles. The molecule has 132 valence electrons. The monoisotopic (exact) mass is 420 g/mol. The Balaban J connectivity index is 0.00000264. The van der Waals surface area contributed by atoms with Gasteiger partial charge >= 0.3 is 6.36 Å². The van der Waals surface area contributed by atoms with Gasteiger partial charge in [0.25, 0.3) is 0 Å².